The molecular weight excluding hydrogens is 308 g/mol. The molecule has 0 aliphatic carbocycles. The van der Waals surface area contributed by atoms with E-state index in [4.69, 9.17) is 9.15 Å². The Morgan fingerprint density at radius 1 is 1.35 bits per heavy atom. The normalized spacial score (nSPS) is 10.9. The molecule has 0 saturated heterocycles. The molecule has 0 fully saturated rings. The van der Waals surface area contributed by atoms with Gasteiger partial charge in [0.05, 0.1) is 6.61 Å². The summed E-state index contributed by atoms with van der Waals surface area (Å²) in [5.41, 5.74) is 0. The molecule has 0 amide bonds. The summed E-state index contributed by atoms with van der Waals surface area (Å²) in [5, 5.41) is 2.62. The number of hydrogen-bond donors (Lipinski definition) is 2. The zero-order chi connectivity index (χ0) is 14.3. The third-order valence-electron chi connectivity index (χ3n) is 2.22. The number of hydrogen-bond acceptors (Lipinski definition) is 6. The monoisotopic (exact) mass is 326 g/mol. The Kier molecular flexibility index (Phi) is 8.47. The Hall–Kier alpha value is -1.09. The van der Waals surface area contributed by atoms with Crippen LogP contribution in [0.15, 0.2) is 21.6 Å². The van der Waals surface area contributed by atoms with Crippen molar-refractivity contribution in [2.45, 2.75) is 18.4 Å². The summed E-state index contributed by atoms with van der Waals surface area (Å²) >= 11 is 0. The third kappa shape index (κ3) is 5.49. The second-order valence-corrected chi connectivity index (χ2v) is 5.39. The molecule has 7 nitrogen and oxygen atoms in total. The number of rotatable bonds is 8. The number of furan rings is 1. The number of nitrogens with one attached hydrogen (secondary N) is 2. The quantitative estimate of drug-likeness (QED) is 0.541. The molecule has 20 heavy (non-hydrogen) atoms. The van der Waals surface area contributed by atoms with E-state index in [1.54, 1.807) is 14.0 Å². The summed E-state index contributed by atoms with van der Waals surface area (Å²) in [4.78, 5) is 11.3. The second kappa shape index (κ2) is 8.96. The fraction of sp³-hybridized carbons (Fsp3) is 0.545. The van der Waals surface area contributed by atoms with Gasteiger partial charge in [0.1, 0.15) is 0 Å². The largest absolute Gasteiger partial charge is 0.460 e. The Morgan fingerprint density at radius 3 is 2.65 bits per heavy atom. The zero-order valence-corrected chi connectivity index (χ0v) is 13.0. The van der Waals surface area contributed by atoms with Crippen LogP contribution in [-0.4, -0.2) is 41.1 Å². The van der Waals surface area contributed by atoms with Crippen LogP contribution < -0.4 is 10.0 Å². The van der Waals surface area contributed by atoms with Crippen LogP contribution in [0.5, 0.6) is 0 Å². The van der Waals surface area contributed by atoms with Crippen LogP contribution in [0.1, 0.15) is 23.9 Å². The first-order valence-electron chi connectivity index (χ1n) is 5.92. The number of esters is 1. The van der Waals surface area contributed by atoms with Crippen molar-refractivity contribution < 1.29 is 22.4 Å². The highest BCUT2D eigenvalue weighted by Gasteiger charge is 2.21. The van der Waals surface area contributed by atoms with Crippen LogP contribution in [0.3, 0.4) is 0 Å². The lowest BCUT2D eigenvalue weighted by atomic mass is 10.4. The Balaban J connectivity index is 0.00000361. The van der Waals surface area contributed by atoms with E-state index in [0.717, 1.165) is 0 Å². The SMILES string of the molecule is CCOC(=O)c1ccc(S(=O)(=O)NCCCNC)o1.Cl. The molecule has 2 N–H and O–H groups in total. The lowest BCUT2D eigenvalue weighted by molar-refractivity contribution is 0.0484. The molecule has 1 rings (SSSR count). The van der Waals surface area contributed by atoms with Crippen LogP contribution >= 0.6 is 12.4 Å². The molecule has 0 aliphatic rings. The lowest BCUT2D eigenvalue weighted by Gasteiger charge is -2.03. The summed E-state index contributed by atoms with van der Waals surface area (Å²) in [7, 11) is -1.94. The van der Waals surface area contributed by atoms with Gasteiger partial charge in [0.2, 0.25) is 10.9 Å². The third-order valence-corrected chi connectivity index (χ3v) is 3.55. The maximum absolute atomic E-state index is 11.8. The molecule has 0 aromatic carbocycles. The minimum absolute atomic E-state index is 0. The molecule has 1 aromatic rings. The van der Waals surface area contributed by atoms with Gasteiger partial charge in [0.15, 0.2) is 0 Å². The summed E-state index contributed by atoms with van der Waals surface area (Å²) in [6.45, 7) is 2.85. The van der Waals surface area contributed by atoms with E-state index in [1.165, 1.54) is 12.1 Å². The van der Waals surface area contributed by atoms with E-state index in [1.807, 2.05) is 0 Å². The highest BCUT2D eigenvalue weighted by molar-refractivity contribution is 7.89. The first-order chi connectivity index (χ1) is 9.01. The fourth-order valence-corrected chi connectivity index (χ4v) is 2.32. The molecule has 0 atom stereocenters. The average Bonchev–Trinajstić information content (AvgIpc) is 2.85. The first-order valence-corrected chi connectivity index (χ1v) is 7.40. The summed E-state index contributed by atoms with van der Waals surface area (Å²) in [6.07, 6.45) is 0.654. The van der Waals surface area contributed by atoms with Gasteiger partial charge in [-0.25, -0.2) is 17.9 Å². The van der Waals surface area contributed by atoms with Crippen LogP contribution in [0.25, 0.3) is 0 Å². The second-order valence-electron chi connectivity index (χ2n) is 3.69. The average molecular weight is 327 g/mol. The molecule has 0 spiro atoms. The fourth-order valence-electron chi connectivity index (χ4n) is 1.32. The van der Waals surface area contributed by atoms with Crippen molar-refractivity contribution in [3.63, 3.8) is 0 Å². The van der Waals surface area contributed by atoms with E-state index in [9.17, 15) is 13.2 Å². The van der Waals surface area contributed by atoms with Crippen molar-refractivity contribution >= 4 is 28.4 Å². The van der Waals surface area contributed by atoms with Crippen molar-refractivity contribution in [2.75, 3.05) is 26.7 Å². The van der Waals surface area contributed by atoms with E-state index in [0.29, 0.717) is 19.5 Å². The molecule has 1 aromatic heterocycles. The number of halogens is 1. The maximum Gasteiger partial charge on any atom is 0.374 e. The number of carbonyl (C=O) groups is 1. The number of ether oxygens (including phenoxy) is 1. The number of sulfonamides is 1. The van der Waals surface area contributed by atoms with Crippen LogP contribution in [-0.2, 0) is 14.8 Å². The van der Waals surface area contributed by atoms with Gasteiger partial charge in [-0.2, -0.15) is 0 Å². The zero-order valence-electron chi connectivity index (χ0n) is 11.3. The van der Waals surface area contributed by atoms with Gasteiger partial charge >= 0.3 is 5.97 Å². The van der Waals surface area contributed by atoms with Crippen molar-refractivity contribution in [3.05, 3.63) is 17.9 Å². The molecule has 0 unspecified atom stereocenters. The predicted octanol–water partition coefficient (Wildman–Crippen LogP) is 0.766. The summed E-state index contributed by atoms with van der Waals surface area (Å²) < 4.78 is 35.7. The van der Waals surface area contributed by atoms with E-state index < -0.39 is 16.0 Å². The molecule has 9 heteroatoms. The maximum atomic E-state index is 11.8. The standard InChI is InChI=1S/C11H18N2O5S.ClH/c1-3-17-11(14)9-5-6-10(18-9)19(15,16)13-8-4-7-12-2;/h5-6,12-13H,3-4,7-8H2,1-2H3;1H. The molecule has 0 saturated carbocycles. The van der Waals surface area contributed by atoms with Crippen LogP contribution in [0.2, 0.25) is 0 Å². The van der Waals surface area contributed by atoms with Gasteiger partial charge in [-0.15, -0.1) is 12.4 Å². The van der Waals surface area contributed by atoms with Gasteiger partial charge < -0.3 is 14.5 Å². The Labute approximate surface area is 124 Å². The topological polar surface area (TPSA) is 97.6 Å². The van der Waals surface area contributed by atoms with Crippen LogP contribution in [0, 0.1) is 0 Å². The van der Waals surface area contributed by atoms with Crippen molar-refractivity contribution in [3.8, 4) is 0 Å². The molecule has 0 aliphatic heterocycles. The van der Waals surface area contributed by atoms with Gasteiger partial charge in [0.25, 0.3) is 10.0 Å². The molecule has 1 heterocycles. The highest BCUT2D eigenvalue weighted by Crippen LogP contribution is 2.14. The molecule has 116 valence electrons. The molecular formula is C11H19ClN2O5S. The van der Waals surface area contributed by atoms with Gasteiger partial charge in [-0.05, 0) is 39.1 Å². The highest BCUT2D eigenvalue weighted by atomic mass is 35.5. The number of carbonyl (C=O) groups excluding carboxylic acids is 1. The Bertz CT molecular complexity index is 515. The van der Waals surface area contributed by atoms with Crippen molar-refractivity contribution in [1.29, 1.82) is 0 Å². The van der Waals surface area contributed by atoms with E-state index >= 15 is 0 Å². The lowest BCUT2D eigenvalue weighted by Crippen LogP contribution is -2.26. The predicted molar refractivity (Wildman–Crippen MR) is 75.6 cm³/mol. The first kappa shape index (κ1) is 18.9. The molecule has 0 radical (unpaired) electrons. The minimum Gasteiger partial charge on any atom is -0.460 e. The summed E-state index contributed by atoms with van der Waals surface area (Å²) in [6, 6.07) is 2.51. The van der Waals surface area contributed by atoms with E-state index in [-0.39, 0.29) is 29.9 Å². The van der Waals surface area contributed by atoms with Crippen molar-refractivity contribution in [2.24, 2.45) is 0 Å². The van der Waals surface area contributed by atoms with Gasteiger partial charge in [0, 0.05) is 6.54 Å². The minimum atomic E-state index is -3.72. The van der Waals surface area contributed by atoms with Gasteiger partial charge in [-0.1, -0.05) is 0 Å². The smallest absolute Gasteiger partial charge is 0.374 e. The molecule has 0 bridgehead atoms. The van der Waals surface area contributed by atoms with Gasteiger partial charge in [-0.3, -0.25) is 0 Å². The van der Waals surface area contributed by atoms with Crippen molar-refractivity contribution in [1.82, 2.24) is 10.0 Å². The Morgan fingerprint density at radius 2 is 2.05 bits per heavy atom. The summed E-state index contributed by atoms with van der Waals surface area (Å²) in [5.74, 6) is -0.809. The van der Waals surface area contributed by atoms with E-state index in [2.05, 4.69) is 10.0 Å². The van der Waals surface area contributed by atoms with Crippen LogP contribution in [0.4, 0.5) is 0 Å².